The molecule has 57 heavy (non-hydrogen) atoms. The van der Waals surface area contributed by atoms with Gasteiger partial charge in [0.2, 0.25) is 6.41 Å². The summed E-state index contributed by atoms with van der Waals surface area (Å²) < 4.78 is 102. The highest BCUT2D eigenvalue weighted by molar-refractivity contribution is 7.86. The SMILES string of the molecule is CS(=O)N(C(=O)OCC(N)CCCCN)c1nn(CC(F)(F)F)c2c(-c3ccc(C#CC(C)(C)S(C)=O)nc3C(Cc3cc(F)cc(F)c3)NC=O)ccc(Cl)c12. The standard InChI is InChI=1S/C37H41ClF5N7O5S2/c1-36(2,56(3)53)13-12-26-8-9-27(32(47-26)30(46-21-51)17-22-15-23(39)18-24(40)16-22)28-10-11-29(38)31-33(28)49(20-37(41,42)43)48-34(31)50(57(4)54)35(52)55-19-25(45)7-5-6-14-44/h8-11,15-16,18,21,25,30H,5-7,14,17,19-20,44-45H2,1-4H3,(H,46,51). The maximum atomic E-state index is 14.3. The van der Waals surface area contributed by atoms with Crippen LogP contribution in [0.5, 0.6) is 0 Å². The second kappa shape index (κ2) is 19.3. The number of hydrogen-bond acceptors (Lipinski definition) is 9. The summed E-state index contributed by atoms with van der Waals surface area (Å²) in [5, 5.41) is 6.30. The molecule has 0 fully saturated rings. The lowest BCUT2D eigenvalue weighted by molar-refractivity contribution is -0.141. The van der Waals surface area contributed by atoms with E-state index in [2.05, 4.69) is 27.2 Å². The van der Waals surface area contributed by atoms with Crippen molar-refractivity contribution in [2.45, 2.75) is 69.1 Å². The average molecular weight is 858 g/mol. The van der Waals surface area contributed by atoms with Crippen LogP contribution in [0, 0.1) is 23.5 Å². The van der Waals surface area contributed by atoms with Crippen LogP contribution in [0.1, 0.15) is 56.1 Å². The molecule has 5 N–H and O–H groups in total. The van der Waals surface area contributed by atoms with Crippen LogP contribution in [0.4, 0.5) is 32.6 Å². The molecule has 2 heterocycles. The molecule has 12 nitrogen and oxygen atoms in total. The summed E-state index contributed by atoms with van der Waals surface area (Å²) in [4.78, 5) is 30.1. The predicted octanol–water partition coefficient (Wildman–Crippen LogP) is 5.82. The van der Waals surface area contributed by atoms with Crippen LogP contribution in [0.25, 0.3) is 22.0 Å². The number of amides is 2. The van der Waals surface area contributed by atoms with Crippen LogP contribution in [0.2, 0.25) is 5.02 Å². The number of pyridine rings is 1. The summed E-state index contributed by atoms with van der Waals surface area (Å²) >= 11 is 6.65. The molecule has 0 saturated heterocycles. The Hall–Kier alpha value is -4.48. The maximum Gasteiger partial charge on any atom is 0.427 e. The van der Waals surface area contributed by atoms with Gasteiger partial charge in [0.05, 0.1) is 27.7 Å². The number of carbonyl (C=O) groups is 2. The number of halogens is 6. The van der Waals surface area contributed by atoms with E-state index >= 15 is 0 Å². The van der Waals surface area contributed by atoms with E-state index in [4.69, 9.17) is 27.8 Å². The van der Waals surface area contributed by atoms with Crippen LogP contribution in [0.15, 0.2) is 42.5 Å². The Labute approximate surface area is 335 Å². The fourth-order valence-electron chi connectivity index (χ4n) is 5.70. The second-order valence-corrected chi connectivity index (χ2v) is 17.0. The van der Waals surface area contributed by atoms with Crippen molar-refractivity contribution in [2.75, 3.05) is 30.0 Å². The number of alkyl halides is 3. The lowest BCUT2D eigenvalue weighted by atomic mass is 9.94. The van der Waals surface area contributed by atoms with Crippen molar-refractivity contribution in [3.8, 4) is 23.0 Å². The normalized spacial score (nSPS) is 14.0. The highest BCUT2D eigenvalue weighted by Crippen LogP contribution is 2.42. The number of fused-ring (bicyclic) bond motifs is 1. The van der Waals surface area contributed by atoms with E-state index in [1.165, 1.54) is 30.5 Å². The molecular formula is C37H41ClF5N7O5S2. The smallest absolute Gasteiger partial charge is 0.427 e. The number of aromatic nitrogens is 3. The van der Waals surface area contributed by atoms with E-state index in [9.17, 15) is 40.0 Å². The highest BCUT2D eigenvalue weighted by Gasteiger charge is 2.35. The van der Waals surface area contributed by atoms with E-state index in [1.807, 2.05) is 0 Å². The van der Waals surface area contributed by atoms with Gasteiger partial charge in [0, 0.05) is 46.5 Å². The molecule has 0 spiro atoms. The Kier molecular flexibility index (Phi) is 15.3. The fraction of sp³-hybridized carbons (Fsp3) is 0.405. The lowest BCUT2D eigenvalue weighted by Gasteiger charge is -2.21. The van der Waals surface area contributed by atoms with Crippen molar-refractivity contribution in [3.63, 3.8) is 0 Å². The molecule has 4 unspecified atom stereocenters. The van der Waals surface area contributed by atoms with Gasteiger partial charge >= 0.3 is 12.3 Å². The number of carbonyl (C=O) groups excluding carboxylic acids is 2. The van der Waals surface area contributed by atoms with Crippen molar-refractivity contribution in [2.24, 2.45) is 11.5 Å². The molecule has 0 aliphatic carbocycles. The summed E-state index contributed by atoms with van der Waals surface area (Å²) in [6.45, 7) is 1.71. The summed E-state index contributed by atoms with van der Waals surface area (Å²) in [6.07, 6.45) is -1.69. The minimum Gasteiger partial charge on any atom is -0.447 e. The molecule has 0 aliphatic rings. The third-order valence-corrected chi connectivity index (χ3v) is 11.3. The number of rotatable bonds is 16. The number of anilines is 1. The monoisotopic (exact) mass is 857 g/mol. The van der Waals surface area contributed by atoms with Gasteiger partial charge in [0.25, 0.3) is 0 Å². The van der Waals surface area contributed by atoms with Gasteiger partial charge in [-0.15, -0.1) is 0 Å². The van der Waals surface area contributed by atoms with E-state index < -0.39 is 74.9 Å². The first-order valence-corrected chi connectivity index (χ1v) is 20.8. The number of nitrogens with zero attached hydrogens (tertiary/aromatic N) is 4. The van der Waals surface area contributed by atoms with E-state index in [0.717, 1.165) is 18.4 Å². The summed E-state index contributed by atoms with van der Waals surface area (Å²) in [5.74, 6) is 3.42. The molecule has 308 valence electrons. The Bertz CT molecular complexity index is 2210. The molecule has 0 saturated carbocycles. The first kappa shape index (κ1) is 45.2. The van der Waals surface area contributed by atoms with Crippen LogP contribution in [-0.2, 0) is 44.3 Å². The average Bonchev–Trinajstić information content (AvgIpc) is 3.47. The minimum absolute atomic E-state index is 0.00196. The first-order valence-electron chi connectivity index (χ1n) is 17.3. The number of unbranched alkanes of at least 4 members (excludes halogenated alkanes) is 1. The highest BCUT2D eigenvalue weighted by atomic mass is 35.5. The van der Waals surface area contributed by atoms with Crippen molar-refractivity contribution < 1.29 is 44.7 Å². The van der Waals surface area contributed by atoms with Crippen molar-refractivity contribution in [3.05, 3.63) is 76.1 Å². The second-order valence-electron chi connectivity index (χ2n) is 13.4. The quantitative estimate of drug-likeness (QED) is 0.0543. The maximum absolute atomic E-state index is 14.3. The molecule has 2 aromatic carbocycles. The molecule has 4 rings (SSSR count). The van der Waals surface area contributed by atoms with Crippen molar-refractivity contribution >= 4 is 62.6 Å². The predicted molar refractivity (Wildman–Crippen MR) is 210 cm³/mol. The number of benzene rings is 2. The van der Waals surface area contributed by atoms with Gasteiger partial charge in [-0.2, -0.15) is 22.6 Å². The van der Waals surface area contributed by atoms with Crippen molar-refractivity contribution in [1.82, 2.24) is 20.1 Å². The van der Waals surface area contributed by atoms with Gasteiger partial charge in [-0.1, -0.05) is 30.0 Å². The van der Waals surface area contributed by atoms with Crippen molar-refractivity contribution in [1.29, 1.82) is 0 Å². The van der Waals surface area contributed by atoms with Gasteiger partial charge in [0.15, 0.2) is 5.82 Å². The van der Waals surface area contributed by atoms with E-state index in [0.29, 0.717) is 47.3 Å². The fourth-order valence-corrected chi connectivity index (χ4v) is 6.76. The van der Waals surface area contributed by atoms with Crippen LogP contribution < -0.4 is 21.1 Å². The largest absolute Gasteiger partial charge is 0.447 e. The molecule has 2 aromatic heterocycles. The Morgan fingerprint density at radius 1 is 1.09 bits per heavy atom. The first-order chi connectivity index (χ1) is 26.8. The van der Waals surface area contributed by atoms with Crippen LogP contribution in [-0.4, -0.2) is 78.3 Å². The van der Waals surface area contributed by atoms with E-state index in [-0.39, 0.29) is 57.0 Å². The van der Waals surface area contributed by atoms with Crippen LogP contribution in [0.3, 0.4) is 0 Å². The third-order valence-electron chi connectivity index (χ3n) is 8.61. The van der Waals surface area contributed by atoms with Gasteiger partial charge in [-0.25, -0.2) is 22.8 Å². The molecule has 0 aliphatic heterocycles. The molecule has 0 bridgehead atoms. The Balaban J connectivity index is 2.00. The number of ether oxygens (including phenoxy) is 1. The van der Waals surface area contributed by atoms with Gasteiger partial charge < -0.3 is 21.5 Å². The summed E-state index contributed by atoms with van der Waals surface area (Å²) in [5.41, 5.74) is 11.6. The lowest BCUT2D eigenvalue weighted by Crippen LogP contribution is -2.37. The third kappa shape index (κ3) is 11.8. The molecule has 0 radical (unpaired) electrons. The Morgan fingerprint density at radius 2 is 1.75 bits per heavy atom. The molecular weight excluding hydrogens is 817 g/mol. The van der Waals surface area contributed by atoms with E-state index in [1.54, 1.807) is 13.8 Å². The number of hydrogen-bond donors (Lipinski definition) is 3. The molecule has 20 heteroatoms. The van der Waals surface area contributed by atoms with Gasteiger partial charge in [0.1, 0.15) is 46.2 Å². The Morgan fingerprint density at radius 3 is 2.35 bits per heavy atom. The molecule has 4 atom stereocenters. The summed E-state index contributed by atoms with van der Waals surface area (Å²) in [6, 6.07) is 6.54. The number of nitrogens with one attached hydrogen (secondary N) is 1. The zero-order valence-corrected chi connectivity index (χ0v) is 33.7. The molecule has 2 amide bonds. The van der Waals surface area contributed by atoms with Crippen LogP contribution >= 0.6 is 11.6 Å². The number of nitrogens with two attached hydrogens (primary N) is 2. The summed E-state index contributed by atoms with van der Waals surface area (Å²) in [7, 11) is -3.65. The minimum atomic E-state index is -4.88. The zero-order valence-electron chi connectivity index (χ0n) is 31.3. The topological polar surface area (TPSA) is 176 Å². The molecule has 4 aromatic rings. The zero-order chi connectivity index (χ0) is 42.2. The van der Waals surface area contributed by atoms with Gasteiger partial charge in [-0.05, 0) is 81.5 Å². The van der Waals surface area contributed by atoms with Gasteiger partial charge in [-0.3, -0.25) is 13.7 Å².